The summed E-state index contributed by atoms with van der Waals surface area (Å²) in [6.07, 6.45) is 8.83. The Kier molecular flexibility index (Phi) is 6.49. The van der Waals surface area contributed by atoms with E-state index in [-0.39, 0.29) is 0 Å². The molecule has 0 saturated heterocycles. The molecular formula is C41H33IrN6-3. The van der Waals surface area contributed by atoms with Crippen LogP contribution in [0.15, 0.2) is 128 Å². The second kappa shape index (κ2) is 10.7. The van der Waals surface area contributed by atoms with Gasteiger partial charge in [-0.25, -0.2) is 0 Å². The average Bonchev–Trinajstić information content (AvgIpc) is 3.80. The van der Waals surface area contributed by atoms with Crippen LogP contribution in [0.25, 0.3) is 27.6 Å². The molecule has 2 aromatic heterocycles. The third-order valence-electron chi connectivity index (χ3n) is 9.96. The summed E-state index contributed by atoms with van der Waals surface area (Å²) in [6, 6.07) is 47.4. The molecular weight excluding hydrogens is 769 g/mol. The van der Waals surface area contributed by atoms with Gasteiger partial charge in [-0.1, -0.05) is 0 Å². The van der Waals surface area contributed by atoms with Gasteiger partial charge in [-0.15, -0.1) is 0 Å². The molecule has 6 nitrogen and oxygen atoms in total. The number of nitrogens with zero attached hydrogens (tertiary/aromatic N) is 6. The number of benzene rings is 4. The third-order valence-corrected chi connectivity index (χ3v) is 13.9. The van der Waals surface area contributed by atoms with Crippen molar-refractivity contribution in [1.29, 1.82) is 0 Å². The molecule has 0 radical (unpaired) electrons. The van der Waals surface area contributed by atoms with Crippen LogP contribution in [0.2, 0.25) is 0 Å². The van der Waals surface area contributed by atoms with Gasteiger partial charge in [-0.3, -0.25) is 0 Å². The molecule has 0 saturated carbocycles. The summed E-state index contributed by atoms with van der Waals surface area (Å²) in [6.45, 7) is 4.59. The summed E-state index contributed by atoms with van der Waals surface area (Å²) in [5, 5.41) is 2.33. The number of pyridine rings is 1. The second-order valence-electron chi connectivity index (χ2n) is 12.7. The first kappa shape index (κ1) is 29.1. The van der Waals surface area contributed by atoms with Crippen LogP contribution in [0.3, 0.4) is 0 Å². The summed E-state index contributed by atoms with van der Waals surface area (Å²) in [5.41, 5.74) is 5.05. The van der Waals surface area contributed by atoms with Crippen LogP contribution in [-0.2, 0) is 27.9 Å². The van der Waals surface area contributed by atoms with Crippen molar-refractivity contribution in [2.45, 2.75) is 24.9 Å². The van der Waals surface area contributed by atoms with Gasteiger partial charge in [-0.2, -0.15) is 0 Å². The van der Waals surface area contributed by atoms with Crippen LogP contribution in [0.1, 0.15) is 36.2 Å². The SMILES string of the molecule is CN1C=CN2[C]1=[Ir]=[C]1N(C)C=CN1[C@@](C)(c1[c-]cccc1)c1cccc(n1)-n1c3[c-]c(ccc3c3ccccc31)C2(C)c1[c-]cccc1. The molecule has 0 aliphatic carbocycles. The molecule has 0 spiro atoms. The van der Waals surface area contributed by atoms with Crippen molar-refractivity contribution in [3.8, 4) is 5.82 Å². The summed E-state index contributed by atoms with van der Waals surface area (Å²) >= 11 is -0.938. The molecule has 9 rings (SSSR count). The van der Waals surface area contributed by atoms with E-state index in [1.807, 2.05) is 24.3 Å². The van der Waals surface area contributed by atoms with Gasteiger partial charge >= 0.3 is 290 Å². The molecule has 0 fully saturated rings. The van der Waals surface area contributed by atoms with E-state index in [9.17, 15) is 0 Å². The summed E-state index contributed by atoms with van der Waals surface area (Å²) in [5.74, 6) is 0.862. The van der Waals surface area contributed by atoms with Gasteiger partial charge in [0.05, 0.1) is 0 Å². The number of hydrogen-bond donors (Lipinski definition) is 0. The van der Waals surface area contributed by atoms with Gasteiger partial charge in [0.2, 0.25) is 0 Å². The van der Waals surface area contributed by atoms with E-state index in [4.69, 9.17) is 4.98 Å². The van der Waals surface area contributed by atoms with Crippen LogP contribution in [0.4, 0.5) is 0 Å². The second-order valence-corrected chi connectivity index (χ2v) is 15.4. The Labute approximate surface area is 288 Å². The Hall–Kier alpha value is -5.10. The average molecular weight is 802 g/mol. The van der Waals surface area contributed by atoms with E-state index in [2.05, 4.69) is 174 Å². The van der Waals surface area contributed by atoms with E-state index >= 15 is 0 Å². The molecule has 4 aromatic carbocycles. The zero-order valence-corrected chi connectivity index (χ0v) is 29.5. The molecule has 0 N–H and O–H groups in total. The predicted molar refractivity (Wildman–Crippen MR) is 188 cm³/mol. The van der Waals surface area contributed by atoms with Gasteiger partial charge in [-0.05, 0) is 0 Å². The van der Waals surface area contributed by atoms with E-state index in [1.165, 1.54) is 13.9 Å². The van der Waals surface area contributed by atoms with Crippen molar-refractivity contribution < 1.29 is 16.8 Å². The maximum absolute atomic E-state index is 5.54. The van der Waals surface area contributed by atoms with Crippen LogP contribution in [0, 0.1) is 18.2 Å². The van der Waals surface area contributed by atoms with E-state index in [1.54, 1.807) is 0 Å². The first-order valence-electron chi connectivity index (χ1n) is 16.0. The fourth-order valence-corrected chi connectivity index (χ4v) is 10.9. The molecule has 3 aliphatic heterocycles. The molecule has 2 atom stereocenters. The van der Waals surface area contributed by atoms with Crippen molar-refractivity contribution >= 4 is 30.4 Å². The van der Waals surface area contributed by atoms with Gasteiger partial charge in [0.15, 0.2) is 0 Å². The normalized spacial score (nSPS) is 21.8. The Morgan fingerprint density at radius 1 is 0.604 bits per heavy atom. The predicted octanol–water partition coefficient (Wildman–Crippen LogP) is 6.81. The molecule has 48 heavy (non-hydrogen) atoms. The number of aromatic nitrogens is 2. The Morgan fingerprint density at radius 3 is 1.94 bits per heavy atom. The molecule has 3 aliphatic rings. The van der Waals surface area contributed by atoms with Gasteiger partial charge in [0, 0.05) is 0 Å². The van der Waals surface area contributed by atoms with Crippen LogP contribution in [-0.4, -0.2) is 51.8 Å². The van der Waals surface area contributed by atoms with Gasteiger partial charge in [0.25, 0.3) is 0 Å². The van der Waals surface area contributed by atoms with Crippen LogP contribution in [0.5, 0.6) is 0 Å². The van der Waals surface area contributed by atoms with Gasteiger partial charge in [0.1, 0.15) is 0 Å². The van der Waals surface area contributed by atoms with Crippen molar-refractivity contribution in [1.82, 2.24) is 29.2 Å². The fraction of sp³-hybridized carbons (Fsp3) is 0.146. The first-order valence-corrected chi connectivity index (χ1v) is 18.4. The molecule has 1 unspecified atom stereocenters. The van der Waals surface area contributed by atoms with Crippen LogP contribution >= 0.6 is 0 Å². The quantitative estimate of drug-likeness (QED) is 0.180. The van der Waals surface area contributed by atoms with Crippen molar-refractivity contribution in [3.05, 3.63) is 169 Å². The standard InChI is InChI=1S/C41H33N6.Ir/c1-40(31-14-7-5-8-15-31,45-26-24-43(3)29-45)33-22-23-35-34-18-11-12-19-36(34)47(37(35)28-33)39-21-13-20-38(42-39)41(2,32-16-9-6-10-17-32)46-27-25-44(4)30-46;/h5-14,16,18-27H,1-4H3;/q-3;/t40?,41-;/m0./s1. The zero-order valence-electron chi connectivity index (χ0n) is 27.1. The monoisotopic (exact) mass is 802 g/mol. The number of rotatable bonds is 2. The third kappa shape index (κ3) is 4.04. The van der Waals surface area contributed by atoms with Crippen LogP contribution < -0.4 is 0 Å². The summed E-state index contributed by atoms with van der Waals surface area (Å²) in [7, 11) is 4.33. The number of hydrogen-bond acceptors (Lipinski definition) is 5. The molecule has 4 bridgehead atoms. The van der Waals surface area contributed by atoms with Gasteiger partial charge < -0.3 is 0 Å². The van der Waals surface area contributed by atoms with Crippen molar-refractivity contribution in [3.63, 3.8) is 0 Å². The van der Waals surface area contributed by atoms with E-state index < -0.39 is 27.9 Å². The Bertz CT molecular complexity index is 2370. The molecule has 5 heterocycles. The van der Waals surface area contributed by atoms with E-state index in [0.717, 1.165) is 44.6 Å². The zero-order chi connectivity index (χ0) is 32.6. The Morgan fingerprint density at radius 2 is 1.25 bits per heavy atom. The van der Waals surface area contributed by atoms with Crippen molar-refractivity contribution in [2.75, 3.05) is 14.1 Å². The molecule has 239 valence electrons. The fourth-order valence-electron chi connectivity index (χ4n) is 7.24. The topological polar surface area (TPSA) is 30.8 Å². The Balaban J connectivity index is 1.46. The van der Waals surface area contributed by atoms with E-state index in [0.29, 0.717) is 0 Å². The molecule has 0 amide bonds. The number of para-hydroxylation sites is 1. The summed E-state index contributed by atoms with van der Waals surface area (Å²) in [4.78, 5) is 15.0. The molecule has 6 aromatic rings. The number of fused-ring (bicyclic) bond motifs is 9. The minimum absolute atomic E-state index is 0.595. The maximum atomic E-state index is 5.54. The van der Waals surface area contributed by atoms with Crippen molar-refractivity contribution in [2.24, 2.45) is 0 Å². The molecule has 7 heteroatoms. The minimum atomic E-state index is -0.938. The summed E-state index contributed by atoms with van der Waals surface area (Å²) < 4.78 is 4.83. The first-order chi connectivity index (χ1) is 23.4.